The molecule has 1 N–H and O–H groups in total. The molecule has 0 unspecified atom stereocenters. The molecule has 0 atom stereocenters. The number of methoxy groups -OCH3 is 2. The summed E-state index contributed by atoms with van der Waals surface area (Å²) in [6, 6.07) is 20.9. The summed E-state index contributed by atoms with van der Waals surface area (Å²) >= 11 is 0. The van der Waals surface area contributed by atoms with Crippen LogP contribution in [0.4, 0.5) is 5.69 Å². The maximum Gasteiger partial charge on any atom is 0.255 e. The van der Waals surface area contributed by atoms with Gasteiger partial charge in [0, 0.05) is 36.5 Å². The maximum absolute atomic E-state index is 12.8. The quantitative estimate of drug-likeness (QED) is 0.506. The van der Waals surface area contributed by atoms with Gasteiger partial charge in [-0.25, -0.2) is 8.42 Å². The average Bonchev–Trinajstić information content (AvgIpc) is 2.83. The number of anilines is 1. The Morgan fingerprint density at radius 3 is 2.30 bits per heavy atom. The highest BCUT2D eigenvalue weighted by atomic mass is 32.2. The van der Waals surface area contributed by atoms with E-state index < -0.39 is 10.0 Å². The molecular formula is C25H26N2O5S. The summed E-state index contributed by atoms with van der Waals surface area (Å²) < 4.78 is 37.7. The number of ether oxygens (including phenoxy) is 2. The van der Waals surface area contributed by atoms with Gasteiger partial charge in [0.15, 0.2) is 0 Å². The Morgan fingerprint density at radius 2 is 1.67 bits per heavy atom. The highest BCUT2D eigenvalue weighted by molar-refractivity contribution is 7.95. The number of benzene rings is 3. The van der Waals surface area contributed by atoms with Crippen LogP contribution in [0.5, 0.6) is 11.5 Å². The Balaban J connectivity index is 1.65. The molecule has 172 valence electrons. The third-order valence-electron chi connectivity index (χ3n) is 4.88. The largest absolute Gasteiger partial charge is 0.497 e. The number of rotatable bonds is 9. The fourth-order valence-electron chi connectivity index (χ4n) is 3.14. The molecule has 7 nitrogen and oxygen atoms in total. The molecule has 0 aliphatic heterocycles. The van der Waals surface area contributed by atoms with Gasteiger partial charge in [0.1, 0.15) is 11.5 Å². The average molecular weight is 467 g/mol. The predicted molar refractivity (Wildman–Crippen MR) is 130 cm³/mol. The zero-order valence-corrected chi connectivity index (χ0v) is 19.5. The maximum atomic E-state index is 12.8. The zero-order chi connectivity index (χ0) is 23.8. The minimum atomic E-state index is -3.69. The predicted octanol–water partition coefficient (Wildman–Crippen LogP) is 4.39. The van der Waals surface area contributed by atoms with Crippen molar-refractivity contribution < 1.29 is 22.7 Å². The number of carbonyl (C=O) groups excluding carboxylic acids is 1. The lowest BCUT2D eigenvalue weighted by atomic mass is 10.1. The topological polar surface area (TPSA) is 84.9 Å². The molecule has 33 heavy (non-hydrogen) atoms. The Kier molecular flexibility index (Phi) is 7.74. The third-order valence-corrected chi connectivity index (χ3v) is 5.89. The van der Waals surface area contributed by atoms with Gasteiger partial charge < -0.3 is 14.4 Å². The molecule has 0 heterocycles. The first-order valence-electron chi connectivity index (χ1n) is 10.1. The molecule has 0 saturated heterocycles. The van der Waals surface area contributed by atoms with Crippen LogP contribution < -0.4 is 14.2 Å². The van der Waals surface area contributed by atoms with Crippen molar-refractivity contribution in [2.45, 2.75) is 6.54 Å². The van der Waals surface area contributed by atoms with Crippen molar-refractivity contribution in [2.24, 2.45) is 0 Å². The summed E-state index contributed by atoms with van der Waals surface area (Å²) in [5.74, 6) is 1.09. The van der Waals surface area contributed by atoms with Crippen LogP contribution in [-0.2, 0) is 16.6 Å². The number of amides is 1. The Labute approximate surface area is 194 Å². The fourth-order valence-corrected chi connectivity index (χ4v) is 4.01. The van der Waals surface area contributed by atoms with E-state index in [0.717, 1.165) is 16.5 Å². The number of sulfonamides is 1. The highest BCUT2D eigenvalue weighted by Crippen LogP contribution is 2.26. The van der Waals surface area contributed by atoms with Crippen molar-refractivity contribution in [3.8, 4) is 11.5 Å². The Hall–Kier alpha value is -3.78. The number of hydrogen-bond donors (Lipinski definition) is 1. The van der Waals surface area contributed by atoms with Crippen LogP contribution in [0.1, 0.15) is 21.5 Å². The molecule has 0 bridgehead atoms. The lowest BCUT2D eigenvalue weighted by Gasteiger charge is -2.19. The molecule has 8 heteroatoms. The van der Waals surface area contributed by atoms with E-state index in [9.17, 15) is 13.2 Å². The Morgan fingerprint density at radius 1 is 0.970 bits per heavy atom. The molecule has 3 aromatic rings. The molecule has 0 radical (unpaired) electrons. The van der Waals surface area contributed by atoms with Gasteiger partial charge in [0.2, 0.25) is 0 Å². The first-order chi connectivity index (χ1) is 15.8. The van der Waals surface area contributed by atoms with Gasteiger partial charge in [-0.15, -0.1) is 0 Å². The summed E-state index contributed by atoms with van der Waals surface area (Å²) in [5, 5.41) is 1.11. The van der Waals surface area contributed by atoms with E-state index in [-0.39, 0.29) is 5.91 Å². The lowest BCUT2D eigenvalue weighted by Crippen LogP contribution is -2.26. The van der Waals surface area contributed by atoms with E-state index in [0.29, 0.717) is 29.3 Å². The number of hydrogen-bond acceptors (Lipinski definition) is 5. The van der Waals surface area contributed by atoms with Crippen LogP contribution in [-0.4, -0.2) is 40.5 Å². The summed E-state index contributed by atoms with van der Waals surface area (Å²) in [6.45, 7) is 0.338. The van der Waals surface area contributed by atoms with Gasteiger partial charge in [0.25, 0.3) is 15.9 Å². The summed E-state index contributed by atoms with van der Waals surface area (Å²) in [6.07, 6.45) is 1.52. The second-order valence-electron chi connectivity index (χ2n) is 7.28. The van der Waals surface area contributed by atoms with Gasteiger partial charge in [-0.2, -0.15) is 0 Å². The Bertz CT molecular complexity index is 1220. The minimum Gasteiger partial charge on any atom is -0.497 e. The SMILES string of the molecule is COc1ccc(CN(C)C(=O)c2ccc(NS(=O)(=O)C=Cc3ccccc3)cc2)c(OC)c1. The summed E-state index contributed by atoms with van der Waals surface area (Å²) in [5.41, 5.74) is 2.42. The van der Waals surface area contributed by atoms with Crippen LogP contribution >= 0.6 is 0 Å². The molecule has 0 spiro atoms. The molecule has 0 fully saturated rings. The second kappa shape index (κ2) is 10.7. The first kappa shape index (κ1) is 23.9. The molecule has 0 aromatic heterocycles. The number of nitrogens with zero attached hydrogens (tertiary/aromatic N) is 1. The van der Waals surface area contributed by atoms with Crippen molar-refractivity contribution in [3.05, 3.63) is 94.9 Å². The van der Waals surface area contributed by atoms with Gasteiger partial charge in [-0.05, 0) is 48.0 Å². The second-order valence-corrected chi connectivity index (χ2v) is 8.84. The van der Waals surface area contributed by atoms with Crippen molar-refractivity contribution >= 4 is 27.7 Å². The van der Waals surface area contributed by atoms with Crippen molar-refractivity contribution in [2.75, 3.05) is 26.0 Å². The molecule has 0 aliphatic rings. The van der Waals surface area contributed by atoms with Gasteiger partial charge in [-0.3, -0.25) is 9.52 Å². The lowest BCUT2D eigenvalue weighted by molar-refractivity contribution is 0.0784. The van der Waals surface area contributed by atoms with E-state index in [1.165, 1.54) is 6.08 Å². The molecule has 0 saturated carbocycles. The number of carbonyl (C=O) groups is 1. The van der Waals surface area contributed by atoms with Crippen molar-refractivity contribution in [1.82, 2.24) is 4.90 Å². The molecule has 3 aromatic carbocycles. The van der Waals surface area contributed by atoms with Gasteiger partial charge in [-0.1, -0.05) is 30.3 Å². The van der Waals surface area contributed by atoms with Crippen molar-refractivity contribution in [1.29, 1.82) is 0 Å². The monoisotopic (exact) mass is 466 g/mol. The molecule has 0 aliphatic carbocycles. The van der Waals surface area contributed by atoms with Crippen LogP contribution in [0.3, 0.4) is 0 Å². The summed E-state index contributed by atoms with van der Waals surface area (Å²) in [7, 11) is 1.15. The molecule has 1 amide bonds. The van der Waals surface area contributed by atoms with E-state index in [4.69, 9.17) is 9.47 Å². The molecular weight excluding hydrogens is 440 g/mol. The fraction of sp³-hybridized carbons (Fsp3) is 0.160. The van der Waals surface area contributed by atoms with Crippen LogP contribution in [0, 0.1) is 0 Å². The van der Waals surface area contributed by atoms with E-state index in [1.54, 1.807) is 56.5 Å². The van der Waals surface area contributed by atoms with Crippen LogP contribution in [0.2, 0.25) is 0 Å². The molecule has 3 rings (SSSR count). The zero-order valence-electron chi connectivity index (χ0n) is 18.7. The first-order valence-corrected chi connectivity index (χ1v) is 11.7. The smallest absolute Gasteiger partial charge is 0.255 e. The van der Waals surface area contributed by atoms with Gasteiger partial charge >= 0.3 is 0 Å². The van der Waals surface area contributed by atoms with E-state index in [2.05, 4.69) is 4.72 Å². The number of nitrogens with one attached hydrogen (secondary N) is 1. The minimum absolute atomic E-state index is 0.203. The van der Waals surface area contributed by atoms with Gasteiger partial charge in [0.05, 0.1) is 19.6 Å². The van der Waals surface area contributed by atoms with Crippen LogP contribution in [0.15, 0.2) is 78.2 Å². The third kappa shape index (κ3) is 6.60. The highest BCUT2D eigenvalue weighted by Gasteiger charge is 2.15. The standard InChI is InChI=1S/C25H26N2O5S/c1-27(18-21-11-14-23(31-2)17-24(21)32-3)25(28)20-9-12-22(13-10-20)26-33(29,30)16-15-19-7-5-4-6-8-19/h4-17,26H,18H2,1-3H3. The van der Waals surface area contributed by atoms with Crippen LogP contribution in [0.25, 0.3) is 6.08 Å². The van der Waals surface area contributed by atoms with E-state index >= 15 is 0 Å². The van der Waals surface area contributed by atoms with Crippen molar-refractivity contribution in [3.63, 3.8) is 0 Å². The normalized spacial score (nSPS) is 11.2. The summed E-state index contributed by atoms with van der Waals surface area (Å²) in [4.78, 5) is 14.4. The van der Waals surface area contributed by atoms with E-state index in [1.807, 2.05) is 42.5 Å².